The van der Waals surface area contributed by atoms with Crippen molar-refractivity contribution in [2.24, 2.45) is 5.41 Å². The number of fused-ring (bicyclic) bond motifs is 2. The molecule has 0 atom stereocenters. The van der Waals surface area contributed by atoms with Crippen molar-refractivity contribution in [2.75, 3.05) is 36.4 Å². The Morgan fingerprint density at radius 3 is 2.37 bits per heavy atom. The Kier molecular flexibility index (Phi) is 6.76. The van der Waals surface area contributed by atoms with Crippen LogP contribution < -0.4 is 10.2 Å². The number of aromatic nitrogens is 1. The molecule has 0 unspecified atom stereocenters. The molecule has 202 valence electrons. The number of benzene rings is 2. The molecule has 1 aromatic heterocycles. The molecule has 0 radical (unpaired) electrons. The van der Waals surface area contributed by atoms with E-state index in [9.17, 15) is 18.3 Å². The smallest absolute Gasteiger partial charge is 0.417 e. The number of aromatic hydroxyl groups is 1. The number of likely N-dealkylation sites (tertiary alicyclic amines) is 1. The first kappa shape index (κ1) is 26.6. The molecule has 2 N–H and O–H groups in total. The average Bonchev–Trinajstić information content (AvgIpc) is 3.18. The maximum absolute atomic E-state index is 13.0. The van der Waals surface area contributed by atoms with Crippen LogP contribution in [0.15, 0.2) is 54.7 Å². The van der Waals surface area contributed by atoms with Crippen molar-refractivity contribution >= 4 is 34.5 Å². The fraction of sp³-hybridized carbons (Fsp3) is 0.414. The number of halogens is 4. The van der Waals surface area contributed by atoms with Gasteiger partial charge in [-0.3, -0.25) is 0 Å². The minimum atomic E-state index is -4.45. The van der Waals surface area contributed by atoms with Gasteiger partial charge in [-0.15, -0.1) is 0 Å². The van der Waals surface area contributed by atoms with Crippen molar-refractivity contribution in [3.05, 3.63) is 70.9 Å². The van der Waals surface area contributed by atoms with Gasteiger partial charge in [-0.05, 0) is 67.7 Å². The van der Waals surface area contributed by atoms with Gasteiger partial charge in [-0.2, -0.15) is 13.2 Å². The van der Waals surface area contributed by atoms with E-state index in [4.69, 9.17) is 11.6 Å². The summed E-state index contributed by atoms with van der Waals surface area (Å²) in [5.41, 5.74) is 2.31. The Morgan fingerprint density at radius 2 is 1.74 bits per heavy atom. The lowest BCUT2D eigenvalue weighted by atomic mass is 9.74. The lowest BCUT2D eigenvalue weighted by Gasteiger charge is -2.42. The van der Waals surface area contributed by atoms with Crippen LogP contribution in [0.3, 0.4) is 0 Å². The van der Waals surface area contributed by atoms with Crippen molar-refractivity contribution in [2.45, 2.75) is 45.2 Å². The van der Waals surface area contributed by atoms with Gasteiger partial charge in [0.15, 0.2) is 0 Å². The van der Waals surface area contributed by atoms with E-state index in [0.29, 0.717) is 28.8 Å². The molecule has 9 heteroatoms. The number of anilines is 4. The van der Waals surface area contributed by atoms with E-state index in [1.165, 1.54) is 6.07 Å². The zero-order valence-electron chi connectivity index (χ0n) is 21.7. The number of nitrogens with one attached hydrogen (secondary N) is 1. The number of para-hydroxylation sites is 2. The molecule has 0 aliphatic carbocycles. The molecule has 0 saturated carbocycles. The van der Waals surface area contributed by atoms with Crippen LogP contribution in [0, 0.1) is 5.41 Å². The van der Waals surface area contributed by atoms with Gasteiger partial charge in [0.05, 0.1) is 22.6 Å². The second-order valence-corrected chi connectivity index (χ2v) is 12.0. The largest absolute Gasteiger partial charge is 0.506 e. The van der Waals surface area contributed by atoms with Crippen molar-refractivity contribution < 1.29 is 18.3 Å². The number of hydrogen-bond donors (Lipinski definition) is 2. The summed E-state index contributed by atoms with van der Waals surface area (Å²) in [6.45, 7) is 10.3. The van der Waals surface area contributed by atoms with Crippen LogP contribution in [0.5, 0.6) is 5.75 Å². The van der Waals surface area contributed by atoms with E-state index >= 15 is 0 Å². The quantitative estimate of drug-likeness (QED) is 0.352. The molecule has 5 nitrogen and oxygen atoms in total. The molecule has 1 fully saturated rings. The maximum Gasteiger partial charge on any atom is 0.417 e. The third-order valence-electron chi connectivity index (χ3n) is 7.43. The molecule has 2 aliphatic rings. The van der Waals surface area contributed by atoms with Crippen LogP contribution in [0.4, 0.5) is 36.1 Å². The van der Waals surface area contributed by atoms with E-state index < -0.39 is 11.7 Å². The van der Waals surface area contributed by atoms with E-state index in [1.54, 1.807) is 12.1 Å². The SMILES string of the molecule is CC(C)(C)CN1CCC2(CC1)CN(c1ccccc1Nc1ccc(C(F)(F)F)cn1)c1c(O)ccc(Cl)c12. The van der Waals surface area contributed by atoms with E-state index in [2.05, 4.69) is 40.9 Å². The molecule has 38 heavy (non-hydrogen) atoms. The highest BCUT2D eigenvalue weighted by Gasteiger charge is 2.48. The fourth-order valence-electron chi connectivity index (χ4n) is 5.81. The molecular weight excluding hydrogens is 513 g/mol. The Morgan fingerprint density at radius 1 is 1.03 bits per heavy atom. The summed E-state index contributed by atoms with van der Waals surface area (Å²) in [6, 6.07) is 13.3. The van der Waals surface area contributed by atoms with Gasteiger partial charge in [0.2, 0.25) is 0 Å². The lowest BCUT2D eigenvalue weighted by Crippen LogP contribution is -2.46. The van der Waals surface area contributed by atoms with Crippen LogP contribution >= 0.6 is 11.6 Å². The highest BCUT2D eigenvalue weighted by Crippen LogP contribution is 2.56. The zero-order valence-corrected chi connectivity index (χ0v) is 22.5. The minimum absolute atomic E-state index is 0.154. The third kappa shape index (κ3) is 5.16. The van der Waals surface area contributed by atoms with Crippen LogP contribution in [0.2, 0.25) is 5.02 Å². The number of pyridine rings is 1. The van der Waals surface area contributed by atoms with Gasteiger partial charge >= 0.3 is 6.18 Å². The maximum atomic E-state index is 13.0. The molecular formula is C29H32ClF3N4O. The molecule has 1 spiro atoms. The Hall–Kier alpha value is -2.97. The second-order valence-electron chi connectivity index (χ2n) is 11.6. The first-order chi connectivity index (χ1) is 17.9. The van der Waals surface area contributed by atoms with E-state index in [-0.39, 0.29) is 16.6 Å². The number of phenolic OH excluding ortho intramolecular Hbond substituents is 1. The standard InChI is InChI=1S/C29H32ClF3N4O/c1-27(2,3)17-36-14-12-28(13-15-36)18-37(26-23(38)10-9-20(30)25(26)28)22-7-5-4-6-21(22)35-24-11-8-19(16-34-24)29(31,32)33/h4-11,16,38H,12-15,17-18H2,1-3H3,(H,34,35). The van der Waals surface area contributed by atoms with Gasteiger partial charge in [-0.1, -0.05) is 44.5 Å². The molecule has 2 aromatic carbocycles. The summed E-state index contributed by atoms with van der Waals surface area (Å²) >= 11 is 6.81. The van der Waals surface area contributed by atoms with Crippen molar-refractivity contribution in [3.63, 3.8) is 0 Å². The van der Waals surface area contributed by atoms with Crippen LogP contribution in [-0.2, 0) is 11.6 Å². The van der Waals surface area contributed by atoms with Crippen LogP contribution in [0.25, 0.3) is 0 Å². The molecule has 0 amide bonds. The van der Waals surface area contributed by atoms with Crippen molar-refractivity contribution in [3.8, 4) is 5.75 Å². The van der Waals surface area contributed by atoms with Gasteiger partial charge in [-0.25, -0.2) is 4.98 Å². The van der Waals surface area contributed by atoms with E-state index in [0.717, 1.165) is 56.0 Å². The molecule has 5 rings (SSSR count). The lowest BCUT2D eigenvalue weighted by molar-refractivity contribution is -0.137. The number of phenols is 1. The predicted molar refractivity (Wildman–Crippen MR) is 146 cm³/mol. The summed E-state index contributed by atoms with van der Waals surface area (Å²) in [7, 11) is 0. The van der Waals surface area contributed by atoms with Gasteiger partial charge in [0.25, 0.3) is 0 Å². The Bertz CT molecular complexity index is 1310. The van der Waals surface area contributed by atoms with Crippen LogP contribution in [0.1, 0.15) is 44.7 Å². The van der Waals surface area contributed by atoms with Gasteiger partial charge < -0.3 is 20.2 Å². The van der Waals surface area contributed by atoms with E-state index in [1.807, 2.05) is 24.3 Å². The summed E-state index contributed by atoms with van der Waals surface area (Å²) in [6.07, 6.45) is -1.81. The first-order valence-electron chi connectivity index (χ1n) is 12.8. The average molecular weight is 545 g/mol. The highest BCUT2D eigenvalue weighted by atomic mass is 35.5. The topological polar surface area (TPSA) is 51.6 Å². The van der Waals surface area contributed by atoms with Crippen LogP contribution in [-0.4, -0.2) is 41.2 Å². The molecule has 3 heterocycles. The molecule has 3 aromatic rings. The predicted octanol–water partition coefficient (Wildman–Crippen LogP) is 7.73. The number of piperidine rings is 1. The number of nitrogens with zero attached hydrogens (tertiary/aromatic N) is 3. The molecule has 0 bridgehead atoms. The summed E-state index contributed by atoms with van der Waals surface area (Å²) < 4.78 is 39.0. The number of hydrogen-bond acceptors (Lipinski definition) is 5. The Balaban J connectivity index is 1.48. The minimum Gasteiger partial charge on any atom is -0.506 e. The highest BCUT2D eigenvalue weighted by molar-refractivity contribution is 6.32. The normalized spacial score (nSPS) is 17.6. The Labute approximate surface area is 226 Å². The van der Waals surface area contributed by atoms with Gasteiger partial charge in [0, 0.05) is 35.3 Å². The molecule has 2 aliphatic heterocycles. The van der Waals surface area contributed by atoms with Gasteiger partial charge in [0.1, 0.15) is 11.6 Å². The molecule has 1 saturated heterocycles. The summed E-state index contributed by atoms with van der Waals surface area (Å²) in [4.78, 5) is 8.56. The summed E-state index contributed by atoms with van der Waals surface area (Å²) in [5, 5.41) is 14.9. The fourth-order valence-corrected chi connectivity index (χ4v) is 6.16. The third-order valence-corrected chi connectivity index (χ3v) is 7.74. The second kappa shape index (κ2) is 9.65. The first-order valence-corrected chi connectivity index (χ1v) is 13.2. The number of rotatable bonds is 4. The number of alkyl halides is 3. The van der Waals surface area contributed by atoms with Crippen molar-refractivity contribution in [1.82, 2.24) is 9.88 Å². The monoisotopic (exact) mass is 544 g/mol. The van der Waals surface area contributed by atoms with Crippen molar-refractivity contribution in [1.29, 1.82) is 0 Å². The summed E-state index contributed by atoms with van der Waals surface area (Å²) in [5.74, 6) is 0.450. The zero-order chi connectivity index (χ0) is 27.3.